The predicted molar refractivity (Wildman–Crippen MR) is 163 cm³/mol. The fourth-order valence-corrected chi connectivity index (χ4v) is 4.53. The highest BCUT2D eigenvalue weighted by Gasteiger charge is 2.37. The normalized spacial score (nSPS) is 12.2. The molecule has 1 aromatic heterocycles. The lowest BCUT2D eigenvalue weighted by Crippen LogP contribution is -2.40. The van der Waals surface area contributed by atoms with E-state index in [0.29, 0.717) is 34.1 Å². The van der Waals surface area contributed by atoms with Crippen molar-refractivity contribution in [1.82, 2.24) is 14.7 Å². The first-order valence-corrected chi connectivity index (χ1v) is 14.3. The topological polar surface area (TPSA) is 79.3 Å². The molecule has 0 fully saturated rings. The van der Waals surface area contributed by atoms with Gasteiger partial charge in [0.2, 0.25) is 5.91 Å². The highest BCUT2D eigenvalue weighted by molar-refractivity contribution is 6.42. The van der Waals surface area contributed by atoms with Gasteiger partial charge in [-0.25, -0.2) is 9.48 Å². The summed E-state index contributed by atoms with van der Waals surface area (Å²) in [4.78, 5) is 27.7. The molecule has 0 aliphatic rings. The van der Waals surface area contributed by atoms with Crippen LogP contribution in [0.15, 0.2) is 72.8 Å². The molecule has 0 saturated heterocycles. The molecule has 46 heavy (non-hydrogen) atoms. The highest BCUT2D eigenvalue weighted by atomic mass is 35.5. The summed E-state index contributed by atoms with van der Waals surface area (Å²) in [5.41, 5.74) is -2.80. The average Bonchev–Trinajstić information content (AvgIpc) is 3.38. The van der Waals surface area contributed by atoms with Crippen LogP contribution in [0.5, 0.6) is 0 Å². The fourth-order valence-electron chi connectivity index (χ4n) is 4.24. The van der Waals surface area contributed by atoms with Crippen LogP contribution >= 0.6 is 23.2 Å². The van der Waals surface area contributed by atoms with Gasteiger partial charge in [0.1, 0.15) is 12.4 Å². The maximum absolute atomic E-state index is 13.4. The molecule has 15 heteroatoms. The zero-order valence-electron chi connectivity index (χ0n) is 24.5. The summed E-state index contributed by atoms with van der Waals surface area (Å²) in [6, 6.07) is 14.3. The smallest absolute Gasteiger partial charge is 0.311 e. The van der Waals surface area contributed by atoms with Crippen LogP contribution in [0.1, 0.15) is 43.2 Å². The number of amides is 3. The van der Waals surface area contributed by atoms with Crippen molar-refractivity contribution in [2.75, 3.05) is 17.2 Å². The minimum atomic E-state index is -5.12. The molecule has 2 N–H and O–H groups in total. The Balaban J connectivity index is 1.65. The van der Waals surface area contributed by atoms with Gasteiger partial charge in [0.25, 0.3) is 0 Å². The number of carbonyl (C=O) groups is 2. The maximum Gasteiger partial charge on any atom is 0.416 e. The Bertz CT molecular complexity index is 1700. The summed E-state index contributed by atoms with van der Waals surface area (Å²) < 4.78 is 81.9. The van der Waals surface area contributed by atoms with Crippen molar-refractivity contribution < 1.29 is 35.9 Å². The van der Waals surface area contributed by atoms with Gasteiger partial charge in [-0.1, -0.05) is 74.3 Å². The van der Waals surface area contributed by atoms with E-state index in [4.69, 9.17) is 23.2 Å². The van der Waals surface area contributed by atoms with E-state index in [1.54, 1.807) is 54.6 Å². The molecule has 0 unspecified atom stereocenters. The fraction of sp³-hybridized carbons (Fsp3) is 0.258. The Morgan fingerprint density at radius 1 is 0.804 bits per heavy atom. The second-order valence-electron chi connectivity index (χ2n) is 11.3. The largest absolute Gasteiger partial charge is 0.416 e. The van der Waals surface area contributed by atoms with Gasteiger partial charge in [-0.2, -0.15) is 31.4 Å². The van der Waals surface area contributed by atoms with Crippen molar-refractivity contribution in [2.45, 2.75) is 45.1 Å². The van der Waals surface area contributed by atoms with Crippen LogP contribution in [0.25, 0.3) is 5.69 Å². The molecule has 0 bridgehead atoms. The van der Waals surface area contributed by atoms with Crippen molar-refractivity contribution in [3.63, 3.8) is 0 Å². The summed E-state index contributed by atoms with van der Waals surface area (Å²) in [5, 5.41) is 9.91. The van der Waals surface area contributed by atoms with Gasteiger partial charge in [0, 0.05) is 23.7 Å². The van der Waals surface area contributed by atoms with Gasteiger partial charge in [-0.3, -0.25) is 4.79 Å². The zero-order chi connectivity index (χ0) is 34.0. The first-order valence-electron chi connectivity index (χ1n) is 13.6. The molecule has 3 amide bonds. The number of benzene rings is 3. The molecule has 0 saturated carbocycles. The Labute approximate surface area is 270 Å². The summed E-state index contributed by atoms with van der Waals surface area (Å²) in [5.74, 6) is -0.520. The lowest BCUT2D eigenvalue weighted by molar-refractivity contribution is -0.143. The number of aromatic nitrogens is 2. The van der Waals surface area contributed by atoms with Crippen molar-refractivity contribution in [3.8, 4) is 5.69 Å². The molecule has 0 aliphatic heterocycles. The van der Waals surface area contributed by atoms with Crippen LogP contribution < -0.4 is 10.6 Å². The number of halogens is 8. The van der Waals surface area contributed by atoms with Crippen LogP contribution in [-0.4, -0.2) is 33.2 Å². The number of urea groups is 1. The van der Waals surface area contributed by atoms with Crippen LogP contribution in [0, 0.1) is 0 Å². The molecule has 0 radical (unpaired) electrons. The Kier molecular flexibility index (Phi) is 9.98. The molecular formula is C31H27Cl2F6N5O2. The van der Waals surface area contributed by atoms with Crippen molar-refractivity contribution in [3.05, 3.63) is 105 Å². The Morgan fingerprint density at radius 3 is 1.96 bits per heavy atom. The van der Waals surface area contributed by atoms with E-state index in [9.17, 15) is 35.9 Å². The summed E-state index contributed by atoms with van der Waals surface area (Å²) in [6.45, 7) is 4.88. The van der Waals surface area contributed by atoms with E-state index in [1.807, 2.05) is 20.8 Å². The number of nitrogens with one attached hydrogen (secondary N) is 2. The summed E-state index contributed by atoms with van der Waals surface area (Å²) in [6.07, 6.45) is -10.2. The molecule has 3 aromatic carbocycles. The van der Waals surface area contributed by atoms with Gasteiger partial charge in [-0.15, -0.1) is 0 Å². The second-order valence-corrected chi connectivity index (χ2v) is 12.1. The van der Waals surface area contributed by atoms with E-state index in [2.05, 4.69) is 15.7 Å². The van der Waals surface area contributed by atoms with E-state index in [1.165, 1.54) is 4.68 Å². The quantitative estimate of drug-likeness (QED) is 0.190. The number of rotatable bonds is 7. The van der Waals surface area contributed by atoms with Crippen molar-refractivity contribution in [2.24, 2.45) is 0 Å². The zero-order valence-corrected chi connectivity index (χ0v) is 26.0. The van der Waals surface area contributed by atoms with Gasteiger partial charge < -0.3 is 15.5 Å². The standard InChI is InChI=1S/C31H27Cl2F6N5O2/c1-29(2,3)25-15-26(44(42-25)22-9-10-23(32)24(33)14-22)41-27(45)17-43(16-18-7-5-4-6-8-18)28(46)40-21-12-19(30(34,35)36)11-20(13-21)31(37,38)39/h4-15H,16-17H2,1-3H3,(H,40,46)(H,41,45). The lowest BCUT2D eigenvalue weighted by Gasteiger charge is -2.23. The van der Waals surface area contributed by atoms with Crippen LogP contribution in [0.3, 0.4) is 0 Å². The summed E-state index contributed by atoms with van der Waals surface area (Å²) in [7, 11) is 0. The number of nitrogens with zero attached hydrogens (tertiary/aromatic N) is 3. The minimum absolute atomic E-state index is 0.0479. The highest BCUT2D eigenvalue weighted by Crippen LogP contribution is 2.38. The molecule has 1 heterocycles. The van der Waals surface area contributed by atoms with Gasteiger partial charge in [0.05, 0.1) is 32.6 Å². The number of alkyl halides is 6. The molecule has 7 nitrogen and oxygen atoms in total. The average molecular weight is 686 g/mol. The van der Waals surface area contributed by atoms with Gasteiger partial charge in [0.15, 0.2) is 0 Å². The molecule has 4 aromatic rings. The first kappa shape index (κ1) is 34.6. The molecule has 0 aliphatic carbocycles. The molecule has 4 rings (SSSR count). The lowest BCUT2D eigenvalue weighted by atomic mass is 9.92. The molecule has 0 spiro atoms. The number of hydrogen-bond acceptors (Lipinski definition) is 3. The number of hydrogen-bond donors (Lipinski definition) is 2. The van der Waals surface area contributed by atoms with E-state index >= 15 is 0 Å². The third-order valence-corrected chi connectivity index (χ3v) is 7.31. The third kappa shape index (κ3) is 8.73. The van der Waals surface area contributed by atoms with E-state index in [0.717, 1.165) is 4.90 Å². The predicted octanol–water partition coefficient (Wildman–Crippen LogP) is 9.19. The molecular weight excluding hydrogens is 659 g/mol. The Morgan fingerprint density at radius 2 is 1.41 bits per heavy atom. The number of carbonyl (C=O) groups excluding carboxylic acids is 2. The Hall–Kier alpha value is -4.23. The van der Waals surface area contributed by atoms with Gasteiger partial charge in [-0.05, 0) is 42.0 Å². The van der Waals surface area contributed by atoms with E-state index < -0.39 is 53.1 Å². The van der Waals surface area contributed by atoms with Crippen LogP contribution in [0.2, 0.25) is 10.0 Å². The van der Waals surface area contributed by atoms with Crippen LogP contribution in [-0.2, 0) is 29.1 Å². The molecule has 244 valence electrons. The maximum atomic E-state index is 13.4. The monoisotopic (exact) mass is 685 g/mol. The number of anilines is 2. The third-order valence-electron chi connectivity index (χ3n) is 6.57. The van der Waals surface area contributed by atoms with Crippen LogP contribution in [0.4, 0.5) is 42.6 Å². The van der Waals surface area contributed by atoms with E-state index in [-0.39, 0.29) is 23.5 Å². The molecule has 0 atom stereocenters. The minimum Gasteiger partial charge on any atom is -0.311 e. The van der Waals surface area contributed by atoms with Crippen molar-refractivity contribution in [1.29, 1.82) is 0 Å². The second kappa shape index (κ2) is 13.2. The first-order chi connectivity index (χ1) is 21.3. The SMILES string of the molecule is CC(C)(C)c1cc(NC(=O)CN(Cc2ccccc2)C(=O)Nc2cc(C(F)(F)F)cc(C(F)(F)F)c2)n(-c2ccc(Cl)c(Cl)c2)n1. The summed E-state index contributed by atoms with van der Waals surface area (Å²) >= 11 is 12.3. The van der Waals surface area contributed by atoms with Crippen molar-refractivity contribution >= 4 is 46.6 Å². The van der Waals surface area contributed by atoms with Gasteiger partial charge >= 0.3 is 18.4 Å².